The Balaban J connectivity index is 3.29. The summed E-state index contributed by atoms with van der Waals surface area (Å²) in [6.45, 7) is 5.92. The third kappa shape index (κ3) is 2.51. The lowest BCUT2D eigenvalue weighted by Gasteiger charge is -2.17. The first-order valence-electron chi connectivity index (χ1n) is 4.25. The van der Waals surface area contributed by atoms with E-state index in [9.17, 15) is 8.42 Å². The van der Waals surface area contributed by atoms with Crippen molar-refractivity contribution in [1.82, 2.24) is 9.97 Å². The molecule has 5 heteroatoms. The third-order valence-corrected chi connectivity index (χ3v) is 2.59. The van der Waals surface area contributed by atoms with E-state index in [1.54, 1.807) is 6.07 Å². The van der Waals surface area contributed by atoms with Gasteiger partial charge in [0.2, 0.25) is 15.0 Å². The van der Waals surface area contributed by atoms with Gasteiger partial charge in [0.05, 0.1) is 5.69 Å². The summed E-state index contributed by atoms with van der Waals surface area (Å²) >= 11 is 0. The molecule has 1 heterocycles. The van der Waals surface area contributed by atoms with Crippen LogP contribution in [0.4, 0.5) is 0 Å². The molecule has 0 spiro atoms. The van der Waals surface area contributed by atoms with Crippen LogP contribution in [-0.2, 0) is 15.3 Å². The summed E-state index contributed by atoms with van der Waals surface area (Å²) in [6.07, 6.45) is 2.58. The fourth-order valence-corrected chi connectivity index (χ4v) is 1.45. The van der Waals surface area contributed by atoms with Crippen molar-refractivity contribution in [2.24, 2.45) is 0 Å². The van der Waals surface area contributed by atoms with E-state index < -0.39 is 9.84 Å². The molecule has 0 N–H and O–H groups in total. The highest BCUT2D eigenvalue weighted by atomic mass is 32.2. The van der Waals surface area contributed by atoms with Gasteiger partial charge in [0.1, 0.15) is 0 Å². The maximum Gasteiger partial charge on any atom is 0.246 e. The lowest BCUT2D eigenvalue weighted by atomic mass is 9.92. The van der Waals surface area contributed by atoms with Crippen LogP contribution in [0.15, 0.2) is 17.4 Å². The monoisotopic (exact) mass is 214 g/mol. The summed E-state index contributed by atoms with van der Waals surface area (Å²) in [4.78, 5) is 7.74. The highest BCUT2D eigenvalue weighted by Crippen LogP contribution is 2.19. The molecule has 0 aliphatic rings. The number of sulfone groups is 1. The Labute approximate surface area is 84.3 Å². The van der Waals surface area contributed by atoms with E-state index in [0.717, 1.165) is 11.9 Å². The molecular formula is C9H14N2O2S. The van der Waals surface area contributed by atoms with E-state index in [1.165, 1.54) is 6.20 Å². The number of hydrogen-bond donors (Lipinski definition) is 0. The Morgan fingerprint density at radius 2 is 1.86 bits per heavy atom. The van der Waals surface area contributed by atoms with Gasteiger partial charge in [-0.3, -0.25) is 0 Å². The van der Waals surface area contributed by atoms with Gasteiger partial charge < -0.3 is 0 Å². The van der Waals surface area contributed by atoms with Gasteiger partial charge in [0.15, 0.2) is 0 Å². The van der Waals surface area contributed by atoms with Crippen LogP contribution in [-0.4, -0.2) is 24.6 Å². The zero-order chi connectivity index (χ0) is 11.0. The predicted molar refractivity (Wildman–Crippen MR) is 53.8 cm³/mol. The molecule has 0 aliphatic carbocycles. The van der Waals surface area contributed by atoms with E-state index in [2.05, 4.69) is 9.97 Å². The quantitative estimate of drug-likeness (QED) is 0.659. The second-order valence-electron chi connectivity index (χ2n) is 4.25. The minimum absolute atomic E-state index is 0.107. The van der Waals surface area contributed by atoms with Gasteiger partial charge >= 0.3 is 0 Å². The zero-order valence-corrected chi connectivity index (χ0v) is 9.59. The molecule has 14 heavy (non-hydrogen) atoms. The fraction of sp³-hybridized carbons (Fsp3) is 0.556. The van der Waals surface area contributed by atoms with Gasteiger partial charge in [0, 0.05) is 17.9 Å². The van der Waals surface area contributed by atoms with E-state index in [4.69, 9.17) is 0 Å². The molecule has 0 fully saturated rings. The van der Waals surface area contributed by atoms with E-state index >= 15 is 0 Å². The molecule has 1 aromatic rings. The Morgan fingerprint density at radius 3 is 2.29 bits per heavy atom. The number of aromatic nitrogens is 2. The van der Waals surface area contributed by atoms with E-state index in [0.29, 0.717) is 0 Å². The molecular weight excluding hydrogens is 200 g/mol. The molecule has 1 aromatic heterocycles. The molecule has 0 aromatic carbocycles. The van der Waals surface area contributed by atoms with Crippen LogP contribution in [0, 0.1) is 0 Å². The standard InChI is InChI=1S/C9H14N2O2S/c1-9(2,3)7-5-6-10-8(11-7)14(4,12)13/h5-6H,1-4H3. The molecule has 0 saturated heterocycles. The number of nitrogens with zero attached hydrogens (tertiary/aromatic N) is 2. The summed E-state index contributed by atoms with van der Waals surface area (Å²) in [5, 5.41) is -0.107. The molecule has 0 atom stereocenters. The van der Waals surface area contributed by atoms with Gasteiger partial charge in [0.25, 0.3) is 0 Å². The first-order valence-corrected chi connectivity index (χ1v) is 6.14. The molecule has 0 radical (unpaired) electrons. The molecule has 4 nitrogen and oxygen atoms in total. The second-order valence-corrected chi connectivity index (χ2v) is 6.16. The first kappa shape index (κ1) is 11.1. The van der Waals surface area contributed by atoms with Gasteiger partial charge in [-0.1, -0.05) is 20.8 Å². The highest BCUT2D eigenvalue weighted by molar-refractivity contribution is 7.90. The highest BCUT2D eigenvalue weighted by Gasteiger charge is 2.18. The molecule has 78 valence electrons. The molecule has 0 bridgehead atoms. The Hall–Kier alpha value is -0.970. The predicted octanol–water partition coefficient (Wildman–Crippen LogP) is 1.18. The first-order chi connectivity index (χ1) is 6.21. The number of rotatable bonds is 1. The third-order valence-electron chi connectivity index (χ3n) is 1.73. The van der Waals surface area contributed by atoms with Crippen LogP contribution < -0.4 is 0 Å². The van der Waals surface area contributed by atoms with Crippen molar-refractivity contribution in [3.8, 4) is 0 Å². The Kier molecular flexibility index (Phi) is 2.63. The molecule has 0 aliphatic heterocycles. The van der Waals surface area contributed by atoms with Gasteiger partial charge in [-0.25, -0.2) is 18.4 Å². The van der Waals surface area contributed by atoms with Gasteiger partial charge in [-0.2, -0.15) is 0 Å². The summed E-state index contributed by atoms with van der Waals surface area (Å²) in [6, 6.07) is 1.73. The van der Waals surface area contributed by atoms with Crippen LogP contribution in [0.25, 0.3) is 0 Å². The Morgan fingerprint density at radius 1 is 1.29 bits per heavy atom. The molecule has 0 saturated carbocycles. The lowest BCUT2D eigenvalue weighted by molar-refractivity contribution is 0.550. The fourth-order valence-electron chi connectivity index (χ4n) is 0.937. The number of hydrogen-bond acceptors (Lipinski definition) is 4. The van der Waals surface area contributed by atoms with Crippen molar-refractivity contribution in [3.05, 3.63) is 18.0 Å². The summed E-state index contributed by atoms with van der Waals surface area (Å²) < 4.78 is 22.4. The van der Waals surface area contributed by atoms with E-state index in [1.807, 2.05) is 20.8 Å². The average Bonchev–Trinajstić information content (AvgIpc) is 2.01. The summed E-state index contributed by atoms with van der Waals surface area (Å²) in [7, 11) is -3.31. The van der Waals surface area contributed by atoms with Crippen LogP contribution in [0.5, 0.6) is 0 Å². The minimum atomic E-state index is -3.31. The summed E-state index contributed by atoms with van der Waals surface area (Å²) in [5.74, 6) is 0. The summed E-state index contributed by atoms with van der Waals surface area (Å²) in [5.41, 5.74) is 0.565. The normalized spacial score (nSPS) is 12.9. The van der Waals surface area contributed by atoms with Crippen molar-refractivity contribution in [3.63, 3.8) is 0 Å². The maximum absolute atomic E-state index is 11.2. The van der Waals surface area contributed by atoms with Crippen molar-refractivity contribution < 1.29 is 8.42 Å². The molecule has 0 unspecified atom stereocenters. The van der Waals surface area contributed by atoms with Crippen LogP contribution >= 0.6 is 0 Å². The zero-order valence-electron chi connectivity index (χ0n) is 8.77. The van der Waals surface area contributed by atoms with Crippen molar-refractivity contribution in [2.75, 3.05) is 6.26 Å². The topological polar surface area (TPSA) is 59.9 Å². The van der Waals surface area contributed by atoms with E-state index in [-0.39, 0.29) is 10.6 Å². The van der Waals surface area contributed by atoms with Gasteiger partial charge in [-0.05, 0) is 6.07 Å². The van der Waals surface area contributed by atoms with Crippen LogP contribution in [0.3, 0.4) is 0 Å². The van der Waals surface area contributed by atoms with Crippen LogP contribution in [0.2, 0.25) is 0 Å². The smallest absolute Gasteiger partial charge is 0.227 e. The largest absolute Gasteiger partial charge is 0.246 e. The second kappa shape index (κ2) is 3.31. The molecule has 1 rings (SSSR count). The Bertz CT molecular complexity index is 432. The van der Waals surface area contributed by atoms with Gasteiger partial charge in [-0.15, -0.1) is 0 Å². The van der Waals surface area contributed by atoms with Crippen molar-refractivity contribution >= 4 is 9.84 Å². The lowest BCUT2D eigenvalue weighted by Crippen LogP contribution is -2.16. The minimum Gasteiger partial charge on any atom is -0.227 e. The van der Waals surface area contributed by atoms with Crippen molar-refractivity contribution in [2.45, 2.75) is 31.3 Å². The average molecular weight is 214 g/mol. The van der Waals surface area contributed by atoms with Crippen LogP contribution in [0.1, 0.15) is 26.5 Å². The molecule has 0 amide bonds. The van der Waals surface area contributed by atoms with Crippen molar-refractivity contribution in [1.29, 1.82) is 0 Å². The SMILES string of the molecule is CC(C)(C)c1ccnc(S(C)(=O)=O)n1. The maximum atomic E-state index is 11.2.